The molecule has 0 bridgehead atoms. The molecular weight excluding hydrogens is 152 g/mol. The molecule has 0 aliphatic heterocycles. The van der Waals surface area contributed by atoms with E-state index in [1.165, 1.54) is 0 Å². The number of aliphatic hydroxyl groups is 1. The van der Waals surface area contributed by atoms with Crippen molar-refractivity contribution < 1.29 is 9.90 Å². The molecule has 0 aliphatic carbocycles. The van der Waals surface area contributed by atoms with E-state index in [1.54, 1.807) is 0 Å². The van der Waals surface area contributed by atoms with Crippen LogP contribution in [0.5, 0.6) is 0 Å². The zero-order valence-electron chi connectivity index (χ0n) is 8.18. The number of ketones is 1. The van der Waals surface area contributed by atoms with Crippen molar-refractivity contribution in [3.05, 3.63) is 0 Å². The van der Waals surface area contributed by atoms with Gasteiger partial charge in [0, 0.05) is 19.4 Å². The second-order valence-corrected chi connectivity index (χ2v) is 3.65. The van der Waals surface area contributed by atoms with Crippen molar-refractivity contribution >= 4 is 5.78 Å². The summed E-state index contributed by atoms with van der Waals surface area (Å²) >= 11 is 0. The minimum absolute atomic E-state index is 0.135. The van der Waals surface area contributed by atoms with E-state index in [4.69, 9.17) is 5.11 Å². The Hall–Kier alpha value is -0.370. The maximum atomic E-state index is 11.1. The summed E-state index contributed by atoms with van der Waals surface area (Å²) in [6, 6.07) is 0. The monoisotopic (exact) mass is 172 g/mol. The lowest BCUT2D eigenvalue weighted by atomic mass is 10.0. The lowest BCUT2D eigenvalue weighted by molar-refractivity contribution is -0.119. The molecule has 0 saturated carbocycles. The number of hydrogen-bond acceptors (Lipinski definition) is 2. The molecule has 0 heterocycles. The molecule has 0 saturated heterocycles. The van der Waals surface area contributed by atoms with E-state index < -0.39 is 0 Å². The van der Waals surface area contributed by atoms with Gasteiger partial charge in [-0.05, 0) is 18.8 Å². The second kappa shape index (κ2) is 7.29. The first-order chi connectivity index (χ1) is 5.66. The molecule has 0 aliphatic rings. The van der Waals surface area contributed by atoms with Gasteiger partial charge in [-0.15, -0.1) is 0 Å². The summed E-state index contributed by atoms with van der Waals surface area (Å²) in [5, 5.41) is 8.48. The normalized spacial score (nSPS) is 10.7. The Morgan fingerprint density at radius 1 is 1.25 bits per heavy atom. The van der Waals surface area contributed by atoms with Crippen molar-refractivity contribution in [1.29, 1.82) is 0 Å². The van der Waals surface area contributed by atoms with Gasteiger partial charge in [0.1, 0.15) is 5.78 Å². The van der Waals surface area contributed by atoms with Crippen LogP contribution in [0.1, 0.15) is 46.0 Å². The first-order valence-electron chi connectivity index (χ1n) is 4.79. The number of hydrogen-bond donors (Lipinski definition) is 1. The molecule has 0 atom stereocenters. The van der Waals surface area contributed by atoms with Crippen molar-refractivity contribution in [3.8, 4) is 0 Å². The van der Waals surface area contributed by atoms with Crippen molar-refractivity contribution in [2.75, 3.05) is 6.61 Å². The van der Waals surface area contributed by atoms with Crippen molar-refractivity contribution in [2.24, 2.45) is 5.92 Å². The van der Waals surface area contributed by atoms with E-state index >= 15 is 0 Å². The third-order valence-corrected chi connectivity index (χ3v) is 1.85. The van der Waals surface area contributed by atoms with Gasteiger partial charge in [-0.1, -0.05) is 20.3 Å². The fraction of sp³-hybridized carbons (Fsp3) is 0.900. The van der Waals surface area contributed by atoms with Crippen LogP contribution in [0.3, 0.4) is 0 Å². The molecular formula is C10H20O2. The average molecular weight is 172 g/mol. The Bertz CT molecular complexity index is 119. The minimum Gasteiger partial charge on any atom is -0.396 e. The predicted octanol–water partition coefficient (Wildman–Crippen LogP) is 2.15. The van der Waals surface area contributed by atoms with Crippen LogP contribution in [0, 0.1) is 5.92 Å². The van der Waals surface area contributed by atoms with E-state index in [9.17, 15) is 4.79 Å². The second-order valence-electron chi connectivity index (χ2n) is 3.65. The third-order valence-electron chi connectivity index (χ3n) is 1.85. The van der Waals surface area contributed by atoms with Gasteiger partial charge in [-0.25, -0.2) is 0 Å². The van der Waals surface area contributed by atoms with Gasteiger partial charge < -0.3 is 5.11 Å². The maximum Gasteiger partial charge on any atom is 0.132 e. The quantitative estimate of drug-likeness (QED) is 0.639. The van der Waals surface area contributed by atoms with Crippen molar-refractivity contribution in [1.82, 2.24) is 0 Å². The zero-order valence-corrected chi connectivity index (χ0v) is 8.18. The zero-order chi connectivity index (χ0) is 9.40. The molecule has 72 valence electrons. The van der Waals surface area contributed by atoms with E-state index in [0.717, 1.165) is 12.8 Å². The summed E-state index contributed by atoms with van der Waals surface area (Å²) in [7, 11) is 0. The minimum atomic E-state index is 0.135. The van der Waals surface area contributed by atoms with E-state index in [1.807, 2.05) is 0 Å². The van der Waals surface area contributed by atoms with Crippen LogP contribution in [-0.4, -0.2) is 17.5 Å². The van der Waals surface area contributed by atoms with Gasteiger partial charge in [0.05, 0.1) is 0 Å². The molecule has 0 aromatic carbocycles. The van der Waals surface area contributed by atoms with Gasteiger partial charge in [-0.2, -0.15) is 0 Å². The van der Waals surface area contributed by atoms with Gasteiger partial charge in [-0.3, -0.25) is 4.79 Å². The van der Waals surface area contributed by atoms with Crippen LogP contribution < -0.4 is 0 Å². The molecule has 1 N–H and O–H groups in total. The predicted molar refractivity (Wildman–Crippen MR) is 50.0 cm³/mol. The molecule has 2 heteroatoms. The van der Waals surface area contributed by atoms with Gasteiger partial charge in [0.25, 0.3) is 0 Å². The molecule has 0 aromatic heterocycles. The fourth-order valence-corrected chi connectivity index (χ4v) is 1.11. The Labute approximate surface area is 75.0 Å². The highest BCUT2D eigenvalue weighted by molar-refractivity contribution is 5.78. The van der Waals surface area contributed by atoms with Crippen LogP contribution in [0.15, 0.2) is 0 Å². The first kappa shape index (κ1) is 11.6. The van der Waals surface area contributed by atoms with Crippen LogP contribution in [-0.2, 0) is 4.79 Å². The molecule has 0 spiro atoms. The van der Waals surface area contributed by atoms with Crippen LogP contribution >= 0.6 is 0 Å². The van der Waals surface area contributed by atoms with Crippen LogP contribution in [0.4, 0.5) is 0 Å². The Kier molecular flexibility index (Phi) is 7.06. The number of carbonyl (C=O) groups excluding carboxylic acids is 1. The van der Waals surface area contributed by atoms with Crippen molar-refractivity contribution in [3.63, 3.8) is 0 Å². The summed E-state index contributed by atoms with van der Waals surface area (Å²) < 4.78 is 0. The van der Waals surface area contributed by atoms with Gasteiger partial charge in [0.15, 0.2) is 0 Å². The Morgan fingerprint density at radius 2 is 1.83 bits per heavy atom. The van der Waals surface area contributed by atoms with E-state index in [-0.39, 0.29) is 6.61 Å². The molecule has 0 rings (SSSR count). The molecule has 12 heavy (non-hydrogen) atoms. The fourth-order valence-electron chi connectivity index (χ4n) is 1.11. The summed E-state index contributed by atoms with van der Waals surface area (Å²) in [5.41, 5.74) is 0. The number of carbonyl (C=O) groups is 1. The van der Waals surface area contributed by atoms with E-state index in [2.05, 4.69) is 13.8 Å². The number of rotatable bonds is 7. The lowest BCUT2D eigenvalue weighted by Crippen LogP contribution is -2.00. The Balaban J connectivity index is 3.20. The third kappa shape index (κ3) is 7.73. The lowest BCUT2D eigenvalue weighted by Gasteiger charge is -2.02. The van der Waals surface area contributed by atoms with Crippen LogP contribution in [0.25, 0.3) is 0 Å². The average Bonchev–Trinajstić information content (AvgIpc) is 2.00. The van der Waals surface area contributed by atoms with Crippen molar-refractivity contribution in [2.45, 2.75) is 46.0 Å². The summed E-state index contributed by atoms with van der Waals surface area (Å²) in [6.07, 6.45) is 4.00. The topological polar surface area (TPSA) is 37.3 Å². The van der Waals surface area contributed by atoms with Crippen LogP contribution in [0.2, 0.25) is 0 Å². The molecule has 0 aromatic rings. The molecule has 0 radical (unpaired) electrons. The maximum absolute atomic E-state index is 11.1. The smallest absolute Gasteiger partial charge is 0.132 e. The molecule has 2 nitrogen and oxygen atoms in total. The first-order valence-corrected chi connectivity index (χ1v) is 4.79. The largest absolute Gasteiger partial charge is 0.396 e. The SMILES string of the molecule is CC(C)CCCC(=O)CCCO. The highest BCUT2D eigenvalue weighted by atomic mass is 16.3. The summed E-state index contributed by atoms with van der Waals surface area (Å²) in [5.74, 6) is 0.986. The number of aliphatic hydroxyl groups excluding tert-OH is 1. The van der Waals surface area contributed by atoms with Gasteiger partial charge in [0.2, 0.25) is 0 Å². The summed E-state index contributed by atoms with van der Waals surface area (Å²) in [6.45, 7) is 4.46. The highest BCUT2D eigenvalue weighted by Crippen LogP contribution is 2.07. The Morgan fingerprint density at radius 3 is 2.33 bits per heavy atom. The van der Waals surface area contributed by atoms with E-state index in [0.29, 0.717) is 31.0 Å². The molecule has 0 unspecified atom stereocenters. The summed E-state index contributed by atoms with van der Waals surface area (Å²) in [4.78, 5) is 11.1. The highest BCUT2D eigenvalue weighted by Gasteiger charge is 2.01. The standard InChI is InChI=1S/C10H20O2/c1-9(2)5-3-6-10(12)7-4-8-11/h9,11H,3-8H2,1-2H3. The molecule has 0 fully saturated rings. The number of Topliss-reactive ketones (excluding diaryl/α,β-unsaturated/α-hetero) is 1. The van der Waals surface area contributed by atoms with Gasteiger partial charge >= 0.3 is 0 Å². The molecule has 0 amide bonds.